The van der Waals surface area contributed by atoms with Crippen molar-refractivity contribution in [1.82, 2.24) is 9.78 Å². The average molecular weight is 278 g/mol. The lowest BCUT2D eigenvalue weighted by molar-refractivity contribution is -0.145. The number of hydrogen-bond donors (Lipinski definition) is 0. The third kappa shape index (κ3) is 2.65. The molecule has 2 saturated heterocycles. The maximum Gasteiger partial charge on any atom is 0.165 e. The van der Waals surface area contributed by atoms with Gasteiger partial charge in [0.1, 0.15) is 0 Å². The summed E-state index contributed by atoms with van der Waals surface area (Å²) in [6, 6.07) is 0.334. The Balaban J connectivity index is 1.73. The van der Waals surface area contributed by atoms with E-state index < -0.39 is 0 Å². The quantitative estimate of drug-likeness (QED) is 0.797. The Labute approximate surface area is 119 Å². The molecule has 2 aliphatic heterocycles. The molecule has 5 heteroatoms. The summed E-state index contributed by atoms with van der Waals surface area (Å²) >= 11 is 0. The van der Waals surface area contributed by atoms with Crippen molar-refractivity contribution in [2.24, 2.45) is 0 Å². The topological polar surface area (TPSA) is 53.4 Å². The highest BCUT2D eigenvalue weighted by molar-refractivity contribution is 5.95. The van der Waals surface area contributed by atoms with E-state index in [4.69, 9.17) is 9.47 Å². The molecule has 0 bridgehead atoms. The van der Waals surface area contributed by atoms with Gasteiger partial charge in [0.2, 0.25) is 0 Å². The predicted molar refractivity (Wildman–Crippen MR) is 73.9 cm³/mol. The van der Waals surface area contributed by atoms with E-state index in [0.29, 0.717) is 12.5 Å². The van der Waals surface area contributed by atoms with Gasteiger partial charge in [-0.1, -0.05) is 6.92 Å². The molecule has 0 aliphatic carbocycles. The Morgan fingerprint density at radius 2 is 2.25 bits per heavy atom. The molecule has 1 aromatic heterocycles. The van der Waals surface area contributed by atoms with Crippen molar-refractivity contribution in [3.05, 3.63) is 18.0 Å². The minimum atomic E-state index is -0.0396. The molecule has 0 amide bonds. The van der Waals surface area contributed by atoms with Crippen LogP contribution in [0.3, 0.4) is 0 Å². The monoisotopic (exact) mass is 278 g/mol. The molecule has 110 valence electrons. The molecule has 5 nitrogen and oxygen atoms in total. The van der Waals surface area contributed by atoms with Gasteiger partial charge in [-0.25, -0.2) is 0 Å². The zero-order chi connectivity index (χ0) is 14.0. The number of carbonyl (C=O) groups excluding carboxylic acids is 1. The lowest BCUT2D eigenvalue weighted by atomic mass is 9.84. The van der Waals surface area contributed by atoms with Gasteiger partial charge >= 0.3 is 0 Å². The molecule has 2 aliphatic rings. The van der Waals surface area contributed by atoms with Gasteiger partial charge in [-0.3, -0.25) is 9.48 Å². The molecule has 1 atom stereocenters. The van der Waals surface area contributed by atoms with E-state index in [1.165, 1.54) is 0 Å². The highest BCUT2D eigenvalue weighted by Crippen LogP contribution is 2.38. The first-order valence-corrected chi connectivity index (χ1v) is 7.51. The molecule has 20 heavy (non-hydrogen) atoms. The fourth-order valence-corrected chi connectivity index (χ4v) is 3.21. The largest absolute Gasteiger partial charge is 0.381 e. The smallest absolute Gasteiger partial charge is 0.165 e. The molecule has 1 aromatic rings. The molecular weight excluding hydrogens is 256 g/mol. The number of carbonyl (C=O) groups is 1. The molecule has 3 heterocycles. The Hall–Kier alpha value is -1.20. The number of rotatable bonds is 3. The van der Waals surface area contributed by atoms with Crippen LogP contribution < -0.4 is 0 Å². The minimum absolute atomic E-state index is 0.0396. The van der Waals surface area contributed by atoms with Gasteiger partial charge in [0.05, 0.1) is 23.4 Å². The van der Waals surface area contributed by atoms with Crippen LogP contribution in [0.5, 0.6) is 0 Å². The fourth-order valence-electron chi connectivity index (χ4n) is 3.21. The highest BCUT2D eigenvalue weighted by atomic mass is 16.5. The van der Waals surface area contributed by atoms with E-state index in [1.54, 1.807) is 6.20 Å². The van der Waals surface area contributed by atoms with Gasteiger partial charge in [-0.15, -0.1) is 0 Å². The fraction of sp³-hybridized carbons (Fsp3) is 0.733. The van der Waals surface area contributed by atoms with Crippen LogP contribution in [-0.2, 0) is 9.47 Å². The van der Waals surface area contributed by atoms with Crippen molar-refractivity contribution >= 4 is 5.78 Å². The first-order valence-electron chi connectivity index (χ1n) is 7.51. The van der Waals surface area contributed by atoms with Gasteiger partial charge < -0.3 is 9.47 Å². The Bertz CT molecular complexity index is 472. The van der Waals surface area contributed by atoms with E-state index in [1.807, 2.05) is 17.8 Å². The lowest BCUT2D eigenvalue weighted by Gasteiger charge is -2.43. The Morgan fingerprint density at radius 3 is 3.00 bits per heavy atom. The van der Waals surface area contributed by atoms with Gasteiger partial charge in [-0.05, 0) is 25.7 Å². The Kier molecular flexibility index (Phi) is 3.89. The van der Waals surface area contributed by atoms with E-state index in [9.17, 15) is 4.79 Å². The van der Waals surface area contributed by atoms with Gasteiger partial charge in [-0.2, -0.15) is 5.10 Å². The van der Waals surface area contributed by atoms with E-state index in [-0.39, 0.29) is 11.4 Å². The van der Waals surface area contributed by atoms with Crippen molar-refractivity contribution in [2.75, 3.05) is 19.8 Å². The average Bonchev–Trinajstić information content (AvgIpc) is 2.97. The summed E-state index contributed by atoms with van der Waals surface area (Å²) in [5.74, 6) is 0.157. The molecular formula is C15H22N2O3. The van der Waals surface area contributed by atoms with Crippen LogP contribution in [0.15, 0.2) is 12.4 Å². The molecule has 2 fully saturated rings. The minimum Gasteiger partial charge on any atom is -0.381 e. The molecule has 1 unspecified atom stereocenters. The number of ether oxygens (including phenoxy) is 2. The molecule has 3 rings (SSSR count). The second-order valence-corrected chi connectivity index (χ2v) is 5.78. The zero-order valence-corrected chi connectivity index (χ0v) is 12.0. The molecule has 0 aromatic carbocycles. The normalized spacial score (nSPS) is 25.8. The van der Waals surface area contributed by atoms with Crippen molar-refractivity contribution in [1.29, 1.82) is 0 Å². The summed E-state index contributed by atoms with van der Waals surface area (Å²) in [6.45, 7) is 4.21. The van der Waals surface area contributed by atoms with Crippen molar-refractivity contribution in [3.63, 3.8) is 0 Å². The first-order chi connectivity index (χ1) is 9.72. The van der Waals surface area contributed by atoms with Crippen LogP contribution in [-0.4, -0.2) is 41.0 Å². The highest BCUT2D eigenvalue weighted by Gasteiger charge is 2.39. The summed E-state index contributed by atoms with van der Waals surface area (Å²) in [5, 5.41) is 4.40. The maximum atomic E-state index is 11.7. The summed E-state index contributed by atoms with van der Waals surface area (Å²) in [5.41, 5.74) is 0.683. The second-order valence-electron chi connectivity index (χ2n) is 5.78. The number of aromatic nitrogens is 2. The molecule has 1 spiro atoms. The number of nitrogens with zero attached hydrogens (tertiary/aromatic N) is 2. The second kappa shape index (κ2) is 5.66. The first kappa shape index (κ1) is 13.8. The predicted octanol–water partition coefficient (Wildman–Crippen LogP) is 2.38. The van der Waals surface area contributed by atoms with E-state index >= 15 is 0 Å². The number of Topliss-reactive ketones (excluding diaryl/α,β-unsaturated/α-hetero) is 1. The van der Waals surface area contributed by atoms with Crippen molar-refractivity contribution < 1.29 is 14.3 Å². The molecule has 0 N–H and O–H groups in total. The maximum absolute atomic E-state index is 11.7. The van der Waals surface area contributed by atoms with Crippen LogP contribution in [0.1, 0.15) is 55.4 Å². The van der Waals surface area contributed by atoms with Gasteiger partial charge in [0.15, 0.2) is 5.78 Å². The third-order valence-corrected chi connectivity index (χ3v) is 4.49. The summed E-state index contributed by atoms with van der Waals surface area (Å²) in [4.78, 5) is 11.7. The SMILES string of the molecule is CCC(=O)c1cnn(C2CCOC3(CCOCC3)C2)c1. The Morgan fingerprint density at radius 1 is 1.45 bits per heavy atom. The van der Waals surface area contributed by atoms with Crippen LogP contribution in [0.25, 0.3) is 0 Å². The molecule has 0 radical (unpaired) electrons. The van der Waals surface area contributed by atoms with E-state index in [0.717, 1.165) is 51.1 Å². The van der Waals surface area contributed by atoms with Crippen LogP contribution in [0.2, 0.25) is 0 Å². The number of hydrogen-bond acceptors (Lipinski definition) is 4. The van der Waals surface area contributed by atoms with Crippen molar-refractivity contribution in [2.45, 2.75) is 50.7 Å². The van der Waals surface area contributed by atoms with Gasteiger partial charge in [0, 0.05) is 32.4 Å². The standard InChI is InChI=1S/C15H22N2O3/c1-2-14(18)12-10-16-17(11-12)13-3-6-20-15(9-13)4-7-19-8-5-15/h10-11,13H,2-9H2,1H3. The molecule has 0 saturated carbocycles. The number of ketones is 1. The lowest BCUT2D eigenvalue weighted by Crippen LogP contribution is -2.44. The summed E-state index contributed by atoms with van der Waals surface area (Å²) < 4.78 is 13.4. The van der Waals surface area contributed by atoms with Crippen LogP contribution in [0, 0.1) is 0 Å². The van der Waals surface area contributed by atoms with Crippen LogP contribution in [0.4, 0.5) is 0 Å². The zero-order valence-electron chi connectivity index (χ0n) is 12.0. The van der Waals surface area contributed by atoms with Crippen LogP contribution >= 0.6 is 0 Å². The van der Waals surface area contributed by atoms with Crippen molar-refractivity contribution in [3.8, 4) is 0 Å². The third-order valence-electron chi connectivity index (χ3n) is 4.49. The summed E-state index contributed by atoms with van der Waals surface area (Å²) in [6.07, 6.45) is 7.98. The van der Waals surface area contributed by atoms with Gasteiger partial charge in [0.25, 0.3) is 0 Å². The van der Waals surface area contributed by atoms with E-state index in [2.05, 4.69) is 5.10 Å². The summed E-state index contributed by atoms with van der Waals surface area (Å²) in [7, 11) is 0.